The number of carbonyl (C=O) groups is 1. The van der Waals surface area contributed by atoms with E-state index < -0.39 is 0 Å². The zero-order chi connectivity index (χ0) is 22.6. The van der Waals surface area contributed by atoms with Gasteiger partial charge in [-0.05, 0) is 48.5 Å². The van der Waals surface area contributed by atoms with E-state index in [1.165, 1.54) is 0 Å². The topological polar surface area (TPSA) is 106 Å². The summed E-state index contributed by atoms with van der Waals surface area (Å²) < 4.78 is 5.18. The minimum absolute atomic E-state index is 0.209. The summed E-state index contributed by atoms with van der Waals surface area (Å²) in [4.78, 5) is 26.5. The molecule has 0 unspecified atom stereocenters. The van der Waals surface area contributed by atoms with E-state index in [-0.39, 0.29) is 12.5 Å². The van der Waals surface area contributed by atoms with Crippen molar-refractivity contribution in [3.8, 4) is 28.4 Å². The van der Waals surface area contributed by atoms with Crippen LogP contribution >= 0.6 is 0 Å². The van der Waals surface area contributed by atoms with Crippen molar-refractivity contribution in [2.45, 2.75) is 6.54 Å². The van der Waals surface area contributed by atoms with Crippen molar-refractivity contribution in [3.63, 3.8) is 0 Å². The molecule has 0 bridgehead atoms. The van der Waals surface area contributed by atoms with Crippen molar-refractivity contribution in [3.05, 3.63) is 90.5 Å². The number of nitrogens with one attached hydrogen (secondary N) is 2. The maximum Gasteiger partial charge on any atom is 0.252 e. The summed E-state index contributed by atoms with van der Waals surface area (Å²) in [6.45, 7) is 0.209. The minimum Gasteiger partial charge on any atom is -0.497 e. The monoisotopic (exact) mass is 436 g/mol. The fourth-order valence-electron chi connectivity index (χ4n) is 3.53. The number of fused-ring (bicyclic) bond motifs is 1. The number of pyridine rings is 2. The number of H-pyrrole nitrogens is 1. The Morgan fingerprint density at radius 2 is 1.85 bits per heavy atom. The molecular formula is C25H20N6O2. The zero-order valence-electron chi connectivity index (χ0n) is 17.8. The van der Waals surface area contributed by atoms with E-state index in [0.717, 1.165) is 27.8 Å². The van der Waals surface area contributed by atoms with Gasteiger partial charge >= 0.3 is 0 Å². The Hall–Kier alpha value is -4.59. The van der Waals surface area contributed by atoms with E-state index in [0.29, 0.717) is 22.9 Å². The summed E-state index contributed by atoms with van der Waals surface area (Å²) in [6, 6.07) is 20.6. The summed E-state index contributed by atoms with van der Waals surface area (Å²) in [5, 5.41) is 10.8. The van der Waals surface area contributed by atoms with E-state index in [4.69, 9.17) is 9.72 Å². The molecule has 0 aliphatic carbocycles. The quantitative estimate of drug-likeness (QED) is 0.416. The molecular weight excluding hydrogens is 416 g/mol. The number of para-hydroxylation sites is 1. The van der Waals surface area contributed by atoms with Gasteiger partial charge in [0.1, 0.15) is 11.6 Å². The van der Waals surface area contributed by atoms with Gasteiger partial charge in [0.15, 0.2) is 5.82 Å². The number of carbonyl (C=O) groups excluding carboxylic acids is 1. The van der Waals surface area contributed by atoms with Crippen LogP contribution in [0.1, 0.15) is 16.2 Å². The summed E-state index contributed by atoms with van der Waals surface area (Å²) in [6.07, 6.45) is 3.43. The lowest BCUT2D eigenvalue weighted by Gasteiger charge is -2.10. The Morgan fingerprint density at radius 1 is 1.00 bits per heavy atom. The average molecular weight is 436 g/mol. The van der Waals surface area contributed by atoms with Gasteiger partial charge < -0.3 is 10.1 Å². The second-order valence-corrected chi connectivity index (χ2v) is 7.33. The highest BCUT2D eigenvalue weighted by Gasteiger charge is 2.15. The first-order valence-corrected chi connectivity index (χ1v) is 10.4. The van der Waals surface area contributed by atoms with Gasteiger partial charge in [0.2, 0.25) is 0 Å². The fourth-order valence-corrected chi connectivity index (χ4v) is 3.53. The predicted octanol–water partition coefficient (Wildman–Crippen LogP) is 4.02. The third kappa shape index (κ3) is 4.27. The molecule has 0 fully saturated rings. The molecule has 5 aromatic rings. The molecule has 8 heteroatoms. The number of ether oxygens (including phenoxy) is 1. The number of rotatable bonds is 6. The van der Waals surface area contributed by atoms with Crippen molar-refractivity contribution in [2.75, 3.05) is 7.11 Å². The molecule has 0 saturated carbocycles. The number of amides is 1. The third-order valence-electron chi connectivity index (χ3n) is 5.21. The van der Waals surface area contributed by atoms with Crippen LogP contribution in [-0.4, -0.2) is 38.2 Å². The number of aromatic amines is 1. The fraction of sp³-hybridized carbons (Fsp3) is 0.0800. The van der Waals surface area contributed by atoms with Crippen LogP contribution in [-0.2, 0) is 6.54 Å². The van der Waals surface area contributed by atoms with E-state index in [2.05, 4.69) is 25.5 Å². The van der Waals surface area contributed by atoms with E-state index in [9.17, 15) is 4.79 Å². The van der Waals surface area contributed by atoms with Gasteiger partial charge in [0.05, 0.1) is 30.4 Å². The predicted molar refractivity (Wildman–Crippen MR) is 125 cm³/mol. The van der Waals surface area contributed by atoms with Crippen molar-refractivity contribution in [1.82, 2.24) is 30.5 Å². The average Bonchev–Trinajstić information content (AvgIpc) is 3.36. The van der Waals surface area contributed by atoms with Crippen molar-refractivity contribution < 1.29 is 9.53 Å². The van der Waals surface area contributed by atoms with E-state index in [1.54, 1.807) is 25.6 Å². The summed E-state index contributed by atoms with van der Waals surface area (Å²) in [5.74, 6) is 1.65. The molecule has 0 saturated heterocycles. The molecule has 162 valence electrons. The van der Waals surface area contributed by atoms with Crippen molar-refractivity contribution in [1.29, 1.82) is 0 Å². The van der Waals surface area contributed by atoms with Gasteiger partial charge in [-0.3, -0.25) is 14.9 Å². The highest BCUT2D eigenvalue weighted by Crippen LogP contribution is 2.24. The van der Waals surface area contributed by atoms with Crippen molar-refractivity contribution >= 4 is 16.8 Å². The molecule has 1 amide bonds. The lowest BCUT2D eigenvalue weighted by molar-refractivity contribution is 0.0951. The first kappa shape index (κ1) is 20.3. The third-order valence-corrected chi connectivity index (χ3v) is 5.21. The smallest absolute Gasteiger partial charge is 0.252 e. The molecule has 2 N–H and O–H groups in total. The van der Waals surface area contributed by atoms with Crippen LogP contribution in [0.4, 0.5) is 0 Å². The van der Waals surface area contributed by atoms with Gasteiger partial charge in [-0.1, -0.05) is 18.2 Å². The minimum atomic E-state index is -0.221. The van der Waals surface area contributed by atoms with Gasteiger partial charge in [0, 0.05) is 28.9 Å². The normalized spacial score (nSPS) is 10.8. The van der Waals surface area contributed by atoms with Gasteiger partial charge in [-0.15, -0.1) is 0 Å². The molecule has 5 rings (SSSR count). The maximum atomic E-state index is 13.1. The highest BCUT2D eigenvalue weighted by molar-refractivity contribution is 6.07. The summed E-state index contributed by atoms with van der Waals surface area (Å²) in [5.41, 5.74) is 3.66. The second-order valence-electron chi connectivity index (χ2n) is 7.33. The first-order valence-electron chi connectivity index (χ1n) is 10.4. The Morgan fingerprint density at radius 3 is 2.64 bits per heavy atom. The Bertz CT molecular complexity index is 1410. The van der Waals surface area contributed by atoms with Gasteiger partial charge in [0.25, 0.3) is 5.91 Å². The zero-order valence-corrected chi connectivity index (χ0v) is 17.8. The number of methoxy groups -OCH3 is 1. The molecule has 2 aromatic carbocycles. The molecule has 3 heterocycles. The molecule has 0 atom stereocenters. The number of hydrogen-bond acceptors (Lipinski definition) is 6. The largest absolute Gasteiger partial charge is 0.497 e. The number of aromatic nitrogens is 5. The van der Waals surface area contributed by atoms with Gasteiger partial charge in [-0.2, -0.15) is 5.10 Å². The molecule has 8 nitrogen and oxygen atoms in total. The van der Waals surface area contributed by atoms with E-state index in [1.807, 2.05) is 60.7 Å². The molecule has 3 aromatic heterocycles. The Balaban J connectivity index is 1.38. The summed E-state index contributed by atoms with van der Waals surface area (Å²) >= 11 is 0. The molecule has 0 radical (unpaired) electrons. The van der Waals surface area contributed by atoms with Crippen molar-refractivity contribution in [2.24, 2.45) is 0 Å². The van der Waals surface area contributed by atoms with E-state index >= 15 is 0 Å². The maximum absolute atomic E-state index is 13.1. The van der Waals surface area contributed by atoms with Crippen LogP contribution < -0.4 is 10.1 Å². The summed E-state index contributed by atoms with van der Waals surface area (Å²) in [7, 11) is 1.62. The molecule has 33 heavy (non-hydrogen) atoms. The lowest BCUT2D eigenvalue weighted by atomic mass is 10.0. The van der Waals surface area contributed by atoms with Gasteiger partial charge in [-0.25, -0.2) is 9.97 Å². The SMILES string of the molecule is COc1ccc(-c2n[nH]c(CNC(=O)c3cc(-c4cccnc4)nc4ccccc34)n2)cc1. The van der Waals surface area contributed by atoms with Crippen LogP contribution in [0.15, 0.2) is 79.1 Å². The van der Waals surface area contributed by atoms with Crippen LogP contribution in [0.25, 0.3) is 33.5 Å². The highest BCUT2D eigenvalue weighted by atomic mass is 16.5. The standard InChI is InChI=1S/C25H20N6O2/c1-33-18-10-8-16(9-11-18)24-29-23(30-31-24)15-27-25(32)20-13-22(17-5-4-12-26-14-17)28-21-7-3-2-6-19(20)21/h2-14H,15H2,1H3,(H,27,32)(H,29,30,31). The van der Waals surface area contributed by atoms with Crippen LogP contribution in [0.5, 0.6) is 5.75 Å². The number of nitrogens with zero attached hydrogens (tertiary/aromatic N) is 4. The van der Waals surface area contributed by atoms with Crippen LogP contribution in [0, 0.1) is 0 Å². The van der Waals surface area contributed by atoms with Crippen LogP contribution in [0.3, 0.4) is 0 Å². The second kappa shape index (κ2) is 8.88. The Labute approximate surface area is 189 Å². The lowest BCUT2D eigenvalue weighted by Crippen LogP contribution is -2.24. The number of hydrogen-bond donors (Lipinski definition) is 2. The first-order chi connectivity index (χ1) is 16.2. The molecule has 0 aliphatic heterocycles. The molecule has 0 aliphatic rings. The Kier molecular flexibility index (Phi) is 5.47. The number of benzene rings is 2. The molecule has 0 spiro atoms. The van der Waals surface area contributed by atoms with Crippen LogP contribution in [0.2, 0.25) is 0 Å².